The number of aromatic nitrogens is 2. The quantitative estimate of drug-likeness (QED) is 0.910. The van der Waals surface area contributed by atoms with E-state index in [0.717, 1.165) is 17.8 Å². The summed E-state index contributed by atoms with van der Waals surface area (Å²) >= 11 is 0. The Morgan fingerprint density at radius 2 is 2.10 bits per heavy atom. The van der Waals surface area contributed by atoms with Crippen LogP contribution in [0.15, 0.2) is 30.3 Å². The van der Waals surface area contributed by atoms with Gasteiger partial charge in [-0.2, -0.15) is 18.3 Å². The third-order valence-electron chi connectivity index (χ3n) is 2.59. The fourth-order valence-electron chi connectivity index (χ4n) is 1.71. The van der Waals surface area contributed by atoms with Crippen molar-refractivity contribution in [1.29, 1.82) is 0 Å². The highest BCUT2D eigenvalue weighted by Crippen LogP contribution is 2.29. The molecule has 1 aromatic heterocycles. The van der Waals surface area contributed by atoms with E-state index in [2.05, 4.69) is 15.5 Å². The third-order valence-corrected chi connectivity index (χ3v) is 2.59. The summed E-state index contributed by atoms with van der Waals surface area (Å²) in [4.78, 5) is 11.7. The van der Waals surface area contributed by atoms with Gasteiger partial charge in [-0.3, -0.25) is 9.89 Å². The van der Waals surface area contributed by atoms with Crippen molar-refractivity contribution in [3.05, 3.63) is 47.2 Å². The van der Waals surface area contributed by atoms with Crippen molar-refractivity contribution in [3.63, 3.8) is 0 Å². The van der Waals surface area contributed by atoms with E-state index in [-0.39, 0.29) is 6.42 Å². The molecule has 0 radical (unpaired) electrons. The number of anilines is 1. The minimum Gasteiger partial charge on any atom is -0.309 e. The highest BCUT2D eigenvalue weighted by atomic mass is 19.4. The molecule has 2 N–H and O–H groups in total. The minimum absolute atomic E-state index is 0.143. The number of hydrogen-bond acceptors (Lipinski definition) is 2. The summed E-state index contributed by atoms with van der Waals surface area (Å²) in [5.74, 6) is -0.0738. The second-order valence-electron chi connectivity index (χ2n) is 4.36. The molecule has 20 heavy (non-hydrogen) atoms. The average Bonchev–Trinajstić information content (AvgIpc) is 2.73. The fourth-order valence-corrected chi connectivity index (χ4v) is 1.71. The normalized spacial score (nSPS) is 11.4. The number of carbonyl (C=O) groups excluding carboxylic acids is 1. The van der Waals surface area contributed by atoms with E-state index >= 15 is 0 Å². The summed E-state index contributed by atoms with van der Waals surface area (Å²) in [6.45, 7) is 1.77. The number of hydrogen-bond donors (Lipinski definition) is 2. The molecule has 1 heterocycles. The van der Waals surface area contributed by atoms with Crippen LogP contribution < -0.4 is 5.32 Å². The summed E-state index contributed by atoms with van der Waals surface area (Å²) in [7, 11) is 0. The van der Waals surface area contributed by atoms with E-state index in [0.29, 0.717) is 11.4 Å². The van der Waals surface area contributed by atoms with Gasteiger partial charge in [-0.05, 0) is 18.6 Å². The van der Waals surface area contributed by atoms with Crippen molar-refractivity contribution in [2.24, 2.45) is 0 Å². The van der Waals surface area contributed by atoms with Gasteiger partial charge in [-0.1, -0.05) is 18.2 Å². The van der Waals surface area contributed by atoms with Crippen LogP contribution in [0.25, 0.3) is 0 Å². The van der Waals surface area contributed by atoms with E-state index in [1.54, 1.807) is 13.0 Å². The highest BCUT2D eigenvalue weighted by Gasteiger charge is 2.30. The topological polar surface area (TPSA) is 57.8 Å². The second-order valence-corrected chi connectivity index (χ2v) is 4.36. The SMILES string of the molecule is Cc1cc(NC(=O)Cc2cccc(C(F)(F)F)c2)n[nH]1. The lowest BCUT2D eigenvalue weighted by Crippen LogP contribution is -2.15. The van der Waals surface area contributed by atoms with Crippen LogP contribution in [0.5, 0.6) is 0 Å². The molecule has 2 aromatic rings. The molecule has 0 spiro atoms. The first kappa shape index (κ1) is 14.1. The number of carbonyl (C=O) groups is 1. The summed E-state index contributed by atoms with van der Waals surface area (Å²) < 4.78 is 37.6. The number of aromatic amines is 1. The maximum absolute atomic E-state index is 12.5. The van der Waals surface area contributed by atoms with Crippen LogP contribution >= 0.6 is 0 Å². The first-order valence-electron chi connectivity index (χ1n) is 5.82. The lowest BCUT2D eigenvalue weighted by molar-refractivity contribution is -0.137. The Kier molecular flexibility index (Phi) is 3.78. The molecule has 0 unspecified atom stereocenters. The first-order valence-corrected chi connectivity index (χ1v) is 5.82. The van der Waals surface area contributed by atoms with E-state index in [4.69, 9.17) is 0 Å². The van der Waals surface area contributed by atoms with Crippen LogP contribution in [-0.2, 0) is 17.4 Å². The van der Waals surface area contributed by atoms with Gasteiger partial charge in [0.1, 0.15) is 0 Å². The predicted molar refractivity (Wildman–Crippen MR) is 67.1 cm³/mol. The Balaban J connectivity index is 2.04. The number of amides is 1. The molecule has 0 fully saturated rings. The number of nitrogens with zero attached hydrogens (tertiary/aromatic N) is 1. The van der Waals surface area contributed by atoms with Gasteiger partial charge in [0.25, 0.3) is 0 Å². The average molecular weight is 283 g/mol. The molecule has 1 amide bonds. The van der Waals surface area contributed by atoms with Crippen LogP contribution in [0.3, 0.4) is 0 Å². The maximum atomic E-state index is 12.5. The second kappa shape index (κ2) is 5.36. The Bertz CT molecular complexity index is 619. The van der Waals surface area contributed by atoms with E-state index in [1.165, 1.54) is 12.1 Å². The molecule has 4 nitrogen and oxygen atoms in total. The van der Waals surface area contributed by atoms with Gasteiger partial charge < -0.3 is 5.32 Å². The summed E-state index contributed by atoms with van der Waals surface area (Å²) in [5.41, 5.74) is 0.308. The van der Waals surface area contributed by atoms with Crippen molar-refractivity contribution in [2.75, 3.05) is 5.32 Å². The standard InChI is InChI=1S/C13H12F3N3O/c1-8-5-11(19-18-8)17-12(20)7-9-3-2-4-10(6-9)13(14,15)16/h2-6H,7H2,1H3,(H2,17,18,19,20). The zero-order valence-electron chi connectivity index (χ0n) is 10.6. The van der Waals surface area contributed by atoms with Crippen LogP contribution in [0.1, 0.15) is 16.8 Å². The van der Waals surface area contributed by atoms with Crippen molar-refractivity contribution >= 4 is 11.7 Å². The molecule has 106 valence electrons. The lowest BCUT2D eigenvalue weighted by atomic mass is 10.1. The van der Waals surface area contributed by atoms with E-state index < -0.39 is 17.6 Å². The van der Waals surface area contributed by atoms with Gasteiger partial charge in [0.05, 0.1) is 12.0 Å². The molecule has 0 atom stereocenters. The number of rotatable bonds is 3. The zero-order valence-corrected chi connectivity index (χ0v) is 10.6. The van der Waals surface area contributed by atoms with E-state index in [9.17, 15) is 18.0 Å². The lowest BCUT2D eigenvalue weighted by Gasteiger charge is -2.08. The monoisotopic (exact) mass is 283 g/mol. The van der Waals surface area contributed by atoms with Gasteiger partial charge >= 0.3 is 6.18 Å². The van der Waals surface area contributed by atoms with Crippen molar-refractivity contribution in [3.8, 4) is 0 Å². The van der Waals surface area contributed by atoms with Crippen molar-refractivity contribution in [1.82, 2.24) is 10.2 Å². The van der Waals surface area contributed by atoms with Gasteiger partial charge in [0.15, 0.2) is 5.82 Å². The Morgan fingerprint density at radius 1 is 1.35 bits per heavy atom. The number of aryl methyl sites for hydroxylation is 1. The van der Waals surface area contributed by atoms with Gasteiger partial charge in [0, 0.05) is 11.8 Å². The van der Waals surface area contributed by atoms with Gasteiger partial charge in [-0.25, -0.2) is 0 Å². The van der Waals surface area contributed by atoms with Crippen molar-refractivity contribution < 1.29 is 18.0 Å². The number of nitrogens with one attached hydrogen (secondary N) is 2. The molecule has 7 heteroatoms. The molecule has 0 aliphatic carbocycles. The summed E-state index contributed by atoms with van der Waals surface area (Å²) in [6, 6.07) is 6.33. The molecular weight excluding hydrogens is 271 g/mol. The Morgan fingerprint density at radius 3 is 2.70 bits per heavy atom. The molecule has 1 aromatic carbocycles. The zero-order chi connectivity index (χ0) is 14.8. The van der Waals surface area contributed by atoms with E-state index in [1.807, 2.05) is 0 Å². The molecule has 0 aliphatic heterocycles. The Hall–Kier alpha value is -2.31. The molecular formula is C13H12F3N3O. The highest BCUT2D eigenvalue weighted by molar-refractivity contribution is 5.91. The minimum atomic E-state index is -4.41. The first-order chi connectivity index (χ1) is 9.34. The van der Waals surface area contributed by atoms with Crippen LogP contribution in [0.2, 0.25) is 0 Å². The van der Waals surface area contributed by atoms with Crippen LogP contribution in [0, 0.1) is 6.92 Å². The smallest absolute Gasteiger partial charge is 0.309 e. The van der Waals surface area contributed by atoms with Crippen LogP contribution in [-0.4, -0.2) is 16.1 Å². The molecule has 0 aliphatic rings. The fraction of sp³-hybridized carbons (Fsp3) is 0.231. The summed E-state index contributed by atoms with van der Waals surface area (Å²) in [6.07, 6.45) is -4.55. The number of alkyl halides is 3. The number of benzene rings is 1. The number of H-pyrrole nitrogens is 1. The largest absolute Gasteiger partial charge is 0.416 e. The summed E-state index contributed by atoms with van der Waals surface area (Å²) in [5, 5.41) is 8.98. The van der Waals surface area contributed by atoms with Gasteiger partial charge in [-0.15, -0.1) is 0 Å². The Labute approximate surface area is 113 Å². The molecule has 2 rings (SSSR count). The van der Waals surface area contributed by atoms with Crippen LogP contribution in [0.4, 0.5) is 19.0 Å². The maximum Gasteiger partial charge on any atom is 0.416 e. The predicted octanol–water partition coefficient (Wildman–Crippen LogP) is 2.92. The van der Waals surface area contributed by atoms with Crippen molar-refractivity contribution in [2.45, 2.75) is 19.5 Å². The third kappa shape index (κ3) is 3.59. The molecule has 0 saturated heterocycles. The molecule has 0 saturated carbocycles. The van der Waals surface area contributed by atoms with Gasteiger partial charge in [0.2, 0.25) is 5.91 Å². The molecule has 0 bridgehead atoms. The number of halogens is 3.